The van der Waals surface area contributed by atoms with Gasteiger partial charge in [0, 0.05) is 46.2 Å². The van der Waals surface area contributed by atoms with E-state index in [1.165, 1.54) is 0 Å². The van der Waals surface area contributed by atoms with E-state index in [2.05, 4.69) is 36.4 Å². The molecule has 2 aromatic heterocycles. The first kappa shape index (κ1) is 25.9. The molecule has 2 heterocycles. The topological polar surface area (TPSA) is 177 Å². The maximum absolute atomic E-state index is 12.7. The number of tetrazole rings is 1. The Hall–Kier alpha value is -3.35. The maximum atomic E-state index is 12.7. The van der Waals surface area contributed by atoms with Gasteiger partial charge in [0.1, 0.15) is 0 Å². The van der Waals surface area contributed by atoms with E-state index in [0.717, 1.165) is 19.8 Å². The molecule has 0 saturated heterocycles. The number of aliphatic carboxylic acids is 1. The zero-order chi connectivity index (χ0) is 24.4. The minimum absolute atomic E-state index is 0.00414. The Morgan fingerprint density at radius 3 is 2.64 bits per heavy atom. The van der Waals surface area contributed by atoms with E-state index in [-0.39, 0.29) is 29.9 Å². The molecule has 3 rings (SSSR count). The highest BCUT2D eigenvalue weighted by atomic mass is 16.5. The van der Waals surface area contributed by atoms with Crippen molar-refractivity contribution in [3.05, 3.63) is 23.3 Å². The molecule has 0 spiro atoms. The predicted octanol–water partition coefficient (Wildman–Crippen LogP) is -0.00498. The van der Waals surface area contributed by atoms with Gasteiger partial charge in [-0.3, -0.25) is 19.1 Å². The Morgan fingerprint density at radius 2 is 2.06 bits per heavy atom. The first-order valence-electron chi connectivity index (χ1n) is 10.7. The smallest absolute Gasteiger partial charge is 0.300 e. The standard InChI is InChI=1S/C18H28N8O3.C2H4O2/c1-11-13(10-26(2)23-11)18(28)20-14-9-12(6-7-15(14)29-3)17(27)19-8-4-5-16-21-24-25-22-16;1-2(3)4/h10,12,14-15H,4-9H2,1-3H3,(H,19,27)(H,20,28)(H,21,22,24,25);1H3,(H,3,4)/t12-,14+,15+;/m0./s1. The fourth-order valence-electron chi connectivity index (χ4n) is 3.77. The van der Waals surface area contributed by atoms with Gasteiger partial charge >= 0.3 is 0 Å². The van der Waals surface area contributed by atoms with Crippen LogP contribution in [0.25, 0.3) is 0 Å². The summed E-state index contributed by atoms with van der Waals surface area (Å²) in [5.74, 6) is -0.548. The van der Waals surface area contributed by atoms with E-state index < -0.39 is 5.97 Å². The van der Waals surface area contributed by atoms with Gasteiger partial charge in [-0.05, 0) is 32.6 Å². The molecule has 13 nitrogen and oxygen atoms in total. The van der Waals surface area contributed by atoms with Crippen molar-refractivity contribution >= 4 is 17.8 Å². The molecule has 3 atom stereocenters. The third-order valence-corrected chi connectivity index (χ3v) is 5.30. The fraction of sp³-hybridized carbons (Fsp3) is 0.650. The Kier molecular flexibility index (Phi) is 9.91. The number of rotatable bonds is 8. The van der Waals surface area contributed by atoms with Gasteiger partial charge in [0.25, 0.3) is 11.9 Å². The van der Waals surface area contributed by atoms with Crippen LogP contribution in [0.3, 0.4) is 0 Å². The second-order valence-corrected chi connectivity index (χ2v) is 7.91. The summed E-state index contributed by atoms with van der Waals surface area (Å²) >= 11 is 0. The van der Waals surface area contributed by atoms with E-state index in [9.17, 15) is 9.59 Å². The zero-order valence-corrected chi connectivity index (χ0v) is 19.4. The van der Waals surface area contributed by atoms with Crippen LogP contribution in [-0.4, -0.2) is 79.1 Å². The van der Waals surface area contributed by atoms with Crippen molar-refractivity contribution in [2.75, 3.05) is 13.7 Å². The number of carboxylic acids is 1. The molecule has 0 bridgehead atoms. The second-order valence-electron chi connectivity index (χ2n) is 7.91. The third kappa shape index (κ3) is 8.25. The highest BCUT2D eigenvalue weighted by Crippen LogP contribution is 2.27. The average molecular weight is 465 g/mol. The number of aryl methyl sites for hydroxylation is 3. The van der Waals surface area contributed by atoms with E-state index >= 15 is 0 Å². The highest BCUT2D eigenvalue weighted by Gasteiger charge is 2.35. The predicted molar refractivity (Wildman–Crippen MR) is 116 cm³/mol. The van der Waals surface area contributed by atoms with Gasteiger partial charge in [0.15, 0.2) is 5.82 Å². The minimum Gasteiger partial charge on any atom is -0.481 e. The number of aromatic nitrogens is 6. The molecule has 1 fully saturated rings. The summed E-state index contributed by atoms with van der Waals surface area (Å²) < 4.78 is 7.17. The molecule has 0 unspecified atom stereocenters. The molecule has 2 aromatic rings. The molecule has 2 amide bonds. The number of aromatic amines is 1. The van der Waals surface area contributed by atoms with E-state index in [0.29, 0.717) is 42.9 Å². The summed E-state index contributed by atoms with van der Waals surface area (Å²) in [6.45, 7) is 3.43. The van der Waals surface area contributed by atoms with Crippen molar-refractivity contribution < 1.29 is 24.2 Å². The molecule has 33 heavy (non-hydrogen) atoms. The number of ether oxygens (including phenoxy) is 1. The SMILES string of the molecule is CC(=O)O.CO[C@@H]1CC[C@H](C(=O)NCCCc2nn[nH]n2)C[C@H]1NC(=O)c1cn(C)nc1C. The summed E-state index contributed by atoms with van der Waals surface area (Å²) in [6.07, 6.45) is 4.96. The Labute approximate surface area is 191 Å². The van der Waals surface area contributed by atoms with Crippen molar-refractivity contribution in [2.24, 2.45) is 13.0 Å². The van der Waals surface area contributed by atoms with Crippen LogP contribution in [0, 0.1) is 12.8 Å². The number of H-pyrrole nitrogens is 1. The second kappa shape index (κ2) is 12.6. The molecule has 0 aromatic carbocycles. The largest absolute Gasteiger partial charge is 0.481 e. The summed E-state index contributed by atoms with van der Waals surface area (Å²) in [7, 11) is 3.42. The van der Waals surface area contributed by atoms with Gasteiger partial charge in [-0.15, -0.1) is 10.2 Å². The number of carbonyl (C=O) groups excluding carboxylic acids is 2. The van der Waals surface area contributed by atoms with Gasteiger partial charge < -0.3 is 20.5 Å². The highest BCUT2D eigenvalue weighted by molar-refractivity contribution is 5.95. The number of hydrogen-bond donors (Lipinski definition) is 4. The summed E-state index contributed by atoms with van der Waals surface area (Å²) in [5.41, 5.74) is 1.21. The van der Waals surface area contributed by atoms with Crippen LogP contribution in [-0.2, 0) is 27.8 Å². The number of hydrogen-bond acceptors (Lipinski definition) is 8. The van der Waals surface area contributed by atoms with Crippen molar-refractivity contribution in [3.63, 3.8) is 0 Å². The summed E-state index contributed by atoms with van der Waals surface area (Å²) in [6, 6.07) is -0.226. The van der Waals surface area contributed by atoms with Crippen LogP contribution in [0.15, 0.2) is 6.20 Å². The lowest BCUT2D eigenvalue weighted by atomic mass is 9.83. The van der Waals surface area contributed by atoms with Gasteiger partial charge in [-0.1, -0.05) is 5.21 Å². The molecular formula is C20H32N8O5. The molecule has 4 N–H and O–H groups in total. The lowest BCUT2D eigenvalue weighted by molar-refractivity contribution is -0.134. The summed E-state index contributed by atoms with van der Waals surface area (Å²) in [5, 5.41) is 31.3. The van der Waals surface area contributed by atoms with Crippen molar-refractivity contribution in [1.29, 1.82) is 0 Å². The van der Waals surface area contributed by atoms with E-state index in [4.69, 9.17) is 14.6 Å². The molecule has 0 aliphatic heterocycles. The van der Waals surface area contributed by atoms with Crippen molar-refractivity contribution in [1.82, 2.24) is 41.0 Å². The normalized spacial score (nSPS) is 19.8. The van der Waals surface area contributed by atoms with Crippen LogP contribution < -0.4 is 10.6 Å². The van der Waals surface area contributed by atoms with Gasteiger partial charge in [0.2, 0.25) is 5.91 Å². The maximum Gasteiger partial charge on any atom is 0.300 e. The molecule has 0 radical (unpaired) electrons. The van der Waals surface area contributed by atoms with Crippen LogP contribution in [0.2, 0.25) is 0 Å². The van der Waals surface area contributed by atoms with Crippen LogP contribution in [0.4, 0.5) is 0 Å². The first-order valence-corrected chi connectivity index (χ1v) is 10.7. The lowest BCUT2D eigenvalue weighted by Gasteiger charge is -2.35. The average Bonchev–Trinajstić information content (AvgIpc) is 3.39. The van der Waals surface area contributed by atoms with Crippen LogP contribution in [0.1, 0.15) is 54.5 Å². The van der Waals surface area contributed by atoms with E-state index in [1.807, 2.05) is 0 Å². The zero-order valence-electron chi connectivity index (χ0n) is 19.4. The number of methoxy groups -OCH3 is 1. The van der Waals surface area contributed by atoms with Crippen molar-refractivity contribution in [2.45, 2.75) is 58.1 Å². The number of carbonyl (C=O) groups is 3. The summed E-state index contributed by atoms with van der Waals surface area (Å²) in [4.78, 5) is 34.3. The molecule has 1 saturated carbocycles. The lowest BCUT2D eigenvalue weighted by Crippen LogP contribution is -2.50. The Bertz CT molecular complexity index is 910. The Balaban J connectivity index is 0.000000890. The van der Waals surface area contributed by atoms with Crippen LogP contribution in [0.5, 0.6) is 0 Å². The Morgan fingerprint density at radius 1 is 1.33 bits per heavy atom. The van der Waals surface area contributed by atoms with Crippen molar-refractivity contribution in [3.8, 4) is 0 Å². The number of amides is 2. The molecular weight excluding hydrogens is 432 g/mol. The first-order chi connectivity index (χ1) is 15.7. The quantitative estimate of drug-likeness (QED) is 0.391. The number of nitrogens with zero attached hydrogens (tertiary/aromatic N) is 5. The molecule has 1 aliphatic carbocycles. The van der Waals surface area contributed by atoms with Gasteiger partial charge in [-0.2, -0.15) is 10.3 Å². The van der Waals surface area contributed by atoms with Gasteiger partial charge in [0.05, 0.1) is 23.4 Å². The van der Waals surface area contributed by atoms with Crippen LogP contribution >= 0.6 is 0 Å². The molecule has 13 heteroatoms. The molecule has 1 aliphatic rings. The van der Waals surface area contributed by atoms with Gasteiger partial charge in [-0.25, -0.2) is 0 Å². The number of carboxylic acid groups (broad SMARTS) is 1. The van der Waals surface area contributed by atoms with E-state index in [1.54, 1.807) is 32.0 Å². The fourth-order valence-corrected chi connectivity index (χ4v) is 3.77. The monoisotopic (exact) mass is 464 g/mol. The number of nitrogens with one attached hydrogen (secondary N) is 3. The third-order valence-electron chi connectivity index (χ3n) is 5.30. The minimum atomic E-state index is -0.833. The molecule has 182 valence electrons.